The van der Waals surface area contributed by atoms with Crippen molar-refractivity contribution in [1.29, 1.82) is 0 Å². The third-order valence-corrected chi connectivity index (χ3v) is 6.17. The van der Waals surface area contributed by atoms with Gasteiger partial charge in [0.25, 0.3) is 5.91 Å². The molecule has 0 bridgehead atoms. The highest BCUT2D eigenvalue weighted by Crippen LogP contribution is 2.24. The lowest BCUT2D eigenvalue weighted by Crippen LogP contribution is -2.22. The molecule has 0 radical (unpaired) electrons. The third kappa shape index (κ3) is 7.18. The normalized spacial score (nSPS) is 10.8. The summed E-state index contributed by atoms with van der Waals surface area (Å²) in [7, 11) is 3.68. The molecule has 2 aromatic carbocycles. The van der Waals surface area contributed by atoms with Crippen LogP contribution in [0.3, 0.4) is 0 Å². The summed E-state index contributed by atoms with van der Waals surface area (Å²) >= 11 is 1.53. The molecular weight excluding hydrogens is 460 g/mol. The number of carbonyl (C=O) groups is 1. The maximum Gasteiger partial charge on any atom is 0.251 e. The number of nitrogens with one attached hydrogen (secondary N) is 1. The third-order valence-electron chi connectivity index (χ3n) is 5.25. The Hall–Kier alpha value is -3.62. The minimum atomic E-state index is -0.142. The molecule has 4 aromatic rings. The number of thioether (sulfide) groups is 1. The molecular formula is C27H28N4O3S. The molecule has 0 saturated heterocycles. The summed E-state index contributed by atoms with van der Waals surface area (Å²) in [6.45, 7) is 1.50. The van der Waals surface area contributed by atoms with Crippen LogP contribution in [-0.4, -0.2) is 30.0 Å². The second kappa shape index (κ2) is 12.2. The maximum absolute atomic E-state index is 12.5. The molecule has 8 heteroatoms. The van der Waals surface area contributed by atoms with Crippen molar-refractivity contribution in [3.05, 3.63) is 107 Å². The van der Waals surface area contributed by atoms with E-state index in [-0.39, 0.29) is 5.91 Å². The molecule has 0 fully saturated rings. The van der Waals surface area contributed by atoms with Crippen LogP contribution in [0.15, 0.2) is 88.6 Å². The Kier molecular flexibility index (Phi) is 8.53. The first-order valence-electron chi connectivity index (χ1n) is 11.2. The predicted octanol–water partition coefficient (Wildman–Crippen LogP) is 5.07. The van der Waals surface area contributed by atoms with E-state index >= 15 is 0 Å². The Morgan fingerprint density at radius 1 is 1.03 bits per heavy atom. The number of benzene rings is 2. The molecule has 0 unspecified atom stereocenters. The van der Waals surface area contributed by atoms with Crippen LogP contribution in [-0.2, 0) is 30.2 Å². The van der Waals surface area contributed by atoms with Crippen LogP contribution < -0.4 is 10.2 Å². The summed E-state index contributed by atoms with van der Waals surface area (Å²) < 4.78 is 10.6. The molecule has 180 valence electrons. The van der Waals surface area contributed by atoms with Gasteiger partial charge in [0, 0.05) is 38.1 Å². The lowest BCUT2D eigenvalue weighted by Gasteiger charge is -2.19. The fraction of sp³-hybridized carbons (Fsp3) is 0.222. The highest BCUT2D eigenvalue weighted by molar-refractivity contribution is 7.98. The van der Waals surface area contributed by atoms with Gasteiger partial charge in [-0.15, -0.1) is 0 Å². The van der Waals surface area contributed by atoms with E-state index in [1.165, 1.54) is 17.3 Å². The van der Waals surface area contributed by atoms with E-state index in [4.69, 9.17) is 14.1 Å². The molecule has 0 aliphatic carbocycles. The predicted molar refractivity (Wildman–Crippen MR) is 137 cm³/mol. The Bertz CT molecular complexity index is 1230. The van der Waals surface area contributed by atoms with Gasteiger partial charge < -0.3 is 19.4 Å². The molecule has 0 aliphatic rings. The smallest absolute Gasteiger partial charge is 0.251 e. The Labute approximate surface area is 209 Å². The van der Waals surface area contributed by atoms with Gasteiger partial charge in [-0.1, -0.05) is 54.2 Å². The highest BCUT2D eigenvalue weighted by atomic mass is 32.2. The summed E-state index contributed by atoms with van der Waals surface area (Å²) in [4.78, 5) is 24.1. The number of hydrogen-bond donors (Lipinski definition) is 1. The molecule has 7 nitrogen and oxygen atoms in total. The number of hydrogen-bond acceptors (Lipinski definition) is 7. The van der Waals surface area contributed by atoms with Crippen molar-refractivity contribution in [3.8, 4) is 0 Å². The molecule has 0 saturated carbocycles. The number of rotatable bonds is 11. The quantitative estimate of drug-likeness (QED) is 0.233. The Morgan fingerprint density at radius 2 is 1.86 bits per heavy atom. The van der Waals surface area contributed by atoms with Gasteiger partial charge in [0.1, 0.15) is 11.6 Å². The molecule has 2 heterocycles. The van der Waals surface area contributed by atoms with Crippen LogP contribution in [0.5, 0.6) is 0 Å². The average Bonchev–Trinajstić information content (AvgIpc) is 3.41. The van der Waals surface area contributed by atoms with Gasteiger partial charge in [-0.2, -0.15) is 0 Å². The summed E-state index contributed by atoms with van der Waals surface area (Å²) in [5.74, 6) is 2.05. The van der Waals surface area contributed by atoms with Crippen molar-refractivity contribution in [2.24, 2.45) is 0 Å². The van der Waals surface area contributed by atoms with Gasteiger partial charge in [0.15, 0.2) is 5.16 Å². The van der Waals surface area contributed by atoms with Gasteiger partial charge in [-0.3, -0.25) is 4.79 Å². The van der Waals surface area contributed by atoms with Crippen molar-refractivity contribution in [1.82, 2.24) is 15.3 Å². The van der Waals surface area contributed by atoms with Crippen molar-refractivity contribution in [2.45, 2.75) is 30.6 Å². The second-order valence-electron chi connectivity index (χ2n) is 8.03. The Morgan fingerprint density at radius 3 is 2.63 bits per heavy atom. The molecule has 1 amide bonds. The second-order valence-corrected chi connectivity index (χ2v) is 8.97. The monoisotopic (exact) mass is 488 g/mol. The van der Waals surface area contributed by atoms with Crippen LogP contribution >= 0.6 is 11.8 Å². The van der Waals surface area contributed by atoms with Crippen LogP contribution in [0.1, 0.15) is 32.9 Å². The van der Waals surface area contributed by atoms with Crippen molar-refractivity contribution in [2.75, 3.05) is 19.1 Å². The summed E-state index contributed by atoms with van der Waals surface area (Å²) in [5.41, 5.74) is 3.65. The SMILES string of the molecule is COCc1cc(N(C)Cc2ccccc2)nc(SCc2cccc(C(=O)NCc3ccco3)c2)n1. The van der Waals surface area contributed by atoms with Crippen LogP contribution in [0.25, 0.3) is 0 Å². The van der Waals surface area contributed by atoms with E-state index in [0.717, 1.165) is 23.6 Å². The van der Waals surface area contributed by atoms with Gasteiger partial charge in [-0.25, -0.2) is 9.97 Å². The molecule has 1 N–H and O–H groups in total. The largest absolute Gasteiger partial charge is 0.467 e. The topological polar surface area (TPSA) is 80.5 Å². The number of methoxy groups -OCH3 is 1. The zero-order valence-electron chi connectivity index (χ0n) is 19.8. The minimum absolute atomic E-state index is 0.142. The fourth-order valence-corrected chi connectivity index (χ4v) is 4.33. The minimum Gasteiger partial charge on any atom is -0.467 e. The molecule has 35 heavy (non-hydrogen) atoms. The maximum atomic E-state index is 12.5. The van der Waals surface area contributed by atoms with Crippen LogP contribution in [0, 0.1) is 0 Å². The number of furan rings is 1. The van der Waals surface area contributed by atoms with Crippen LogP contribution in [0.2, 0.25) is 0 Å². The number of ether oxygens (including phenoxy) is 1. The number of amides is 1. The summed E-state index contributed by atoms with van der Waals surface area (Å²) in [6, 6.07) is 23.4. The molecule has 0 atom stereocenters. The van der Waals surface area contributed by atoms with E-state index in [2.05, 4.69) is 27.3 Å². The zero-order valence-corrected chi connectivity index (χ0v) is 20.6. The van der Waals surface area contributed by atoms with E-state index < -0.39 is 0 Å². The number of aromatic nitrogens is 2. The first-order valence-corrected chi connectivity index (χ1v) is 12.2. The Balaban J connectivity index is 1.42. The van der Waals surface area contributed by atoms with E-state index in [1.807, 2.05) is 55.6 Å². The first kappa shape index (κ1) is 24.5. The van der Waals surface area contributed by atoms with Crippen LogP contribution in [0.4, 0.5) is 5.82 Å². The van der Waals surface area contributed by atoms with Crippen molar-refractivity contribution < 1.29 is 13.9 Å². The lowest BCUT2D eigenvalue weighted by atomic mass is 10.1. The van der Waals surface area contributed by atoms with Gasteiger partial charge in [0.2, 0.25) is 0 Å². The van der Waals surface area contributed by atoms with Crippen molar-refractivity contribution >= 4 is 23.5 Å². The lowest BCUT2D eigenvalue weighted by molar-refractivity contribution is 0.0948. The first-order chi connectivity index (χ1) is 17.1. The molecule has 4 rings (SSSR count). The molecule has 2 aromatic heterocycles. The molecule has 0 spiro atoms. The van der Waals surface area contributed by atoms with Gasteiger partial charge >= 0.3 is 0 Å². The van der Waals surface area contributed by atoms with E-state index in [1.54, 1.807) is 25.5 Å². The average molecular weight is 489 g/mol. The summed E-state index contributed by atoms with van der Waals surface area (Å²) in [5, 5.41) is 3.55. The van der Waals surface area contributed by atoms with Crippen molar-refractivity contribution in [3.63, 3.8) is 0 Å². The van der Waals surface area contributed by atoms with E-state index in [9.17, 15) is 4.79 Å². The number of anilines is 1. The molecule has 0 aliphatic heterocycles. The number of carbonyl (C=O) groups excluding carboxylic acids is 1. The summed E-state index contributed by atoms with van der Waals surface area (Å²) in [6.07, 6.45) is 1.59. The standard InChI is InChI=1S/C27H28N4O3S/c1-31(17-20-8-4-3-5-9-20)25-15-23(18-33-2)29-27(30-25)35-19-21-10-6-11-22(14-21)26(32)28-16-24-12-7-13-34-24/h3-15H,16-19H2,1-2H3,(H,28,32). The highest BCUT2D eigenvalue weighted by Gasteiger charge is 2.12. The number of nitrogens with zero attached hydrogens (tertiary/aromatic N) is 3. The van der Waals surface area contributed by atoms with Gasteiger partial charge in [-0.05, 0) is 35.4 Å². The van der Waals surface area contributed by atoms with E-state index in [0.29, 0.717) is 35.4 Å². The fourth-order valence-electron chi connectivity index (χ4n) is 3.51. The zero-order chi connectivity index (χ0) is 24.5. The van der Waals surface area contributed by atoms with Gasteiger partial charge in [0.05, 0.1) is 25.1 Å².